The lowest BCUT2D eigenvalue weighted by atomic mass is 10.1. The normalized spacial score (nSPS) is 10.3. The van der Waals surface area contributed by atoms with Crippen LogP contribution in [0.2, 0.25) is 0 Å². The molecule has 0 aliphatic carbocycles. The predicted octanol–water partition coefficient (Wildman–Crippen LogP) is 1.87. The number of halogens is 1. The number of methoxy groups -OCH3 is 1. The minimum Gasteiger partial charge on any atom is -0.496 e. The van der Waals surface area contributed by atoms with Crippen LogP contribution >= 0.6 is 0 Å². The lowest BCUT2D eigenvalue weighted by Crippen LogP contribution is -2.30. The number of ether oxygens (including phenoxy) is 1. The summed E-state index contributed by atoms with van der Waals surface area (Å²) in [7, 11) is 3.21. The standard InChI is InChI=1S/C16H18FN3O2/c1-20(8-5-14-11-18-6-7-19-14)16(21)10-12-9-13(17)3-4-15(12)22-2/h3-4,6-7,9,11H,5,8,10H2,1-2H3. The Kier molecular flexibility index (Phi) is 5.41. The number of carbonyl (C=O) groups is 1. The summed E-state index contributed by atoms with van der Waals surface area (Å²) in [5.74, 6) is 0.0238. The van der Waals surface area contributed by atoms with E-state index in [4.69, 9.17) is 4.74 Å². The summed E-state index contributed by atoms with van der Waals surface area (Å²) in [6.45, 7) is 0.523. The summed E-state index contributed by atoms with van der Waals surface area (Å²) in [6, 6.07) is 4.16. The van der Waals surface area contributed by atoms with Crippen molar-refractivity contribution in [1.29, 1.82) is 0 Å². The van der Waals surface area contributed by atoms with Gasteiger partial charge in [0.05, 0.1) is 19.2 Å². The number of benzene rings is 1. The maximum absolute atomic E-state index is 13.3. The fraction of sp³-hybridized carbons (Fsp3) is 0.312. The molecule has 0 N–H and O–H groups in total. The van der Waals surface area contributed by atoms with Gasteiger partial charge in [0.15, 0.2) is 0 Å². The van der Waals surface area contributed by atoms with Crippen LogP contribution < -0.4 is 4.74 Å². The van der Waals surface area contributed by atoms with E-state index in [9.17, 15) is 9.18 Å². The number of amides is 1. The van der Waals surface area contributed by atoms with Crippen LogP contribution in [0.15, 0.2) is 36.8 Å². The first-order valence-electron chi connectivity index (χ1n) is 6.91. The minimum absolute atomic E-state index is 0.0951. The van der Waals surface area contributed by atoms with Gasteiger partial charge in [-0.2, -0.15) is 0 Å². The van der Waals surface area contributed by atoms with Gasteiger partial charge in [-0.3, -0.25) is 14.8 Å². The molecule has 1 aromatic carbocycles. The number of hydrogen-bond donors (Lipinski definition) is 0. The van der Waals surface area contributed by atoms with E-state index in [2.05, 4.69) is 9.97 Å². The molecule has 5 nitrogen and oxygen atoms in total. The molecule has 0 bridgehead atoms. The van der Waals surface area contributed by atoms with Crippen molar-refractivity contribution in [2.75, 3.05) is 20.7 Å². The molecule has 0 fully saturated rings. The van der Waals surface area contributed by atoms with E-state index in [1.807, 2.05) is 0 Å². The Morgan fingerprint density at radius 3 is 2.86 bits per heavy atom. The Hall–Kier alpha value is -2.50. The summed E-state index contributed by atoms with van der Waals surface area (Å²) in [5, 5.41) is 0. The minimum atomic E-state index is -0.384. The Balaban J connectivity index is 1.95. The Morgan fingerprint density at radius 1 is 1.36 bits per heavy atom. The quantitative estimate of drug-likeness (QED) is 0.817. The molecule has 1 aromatic heterocycles. The second-order valence-electron chi connectivity index (χ2n) is 4.89. The Labute approximate surface area is 128 Å². The number of likely N-dealkylation sites (N-methyl/N-ethyl adjacent to an activating group) is 1. The first-order chi connectivity index (χ1) is 10.6. The zero-order valence-electron chi connectivity index (χ0n) is 12.6. The molecule has 2 rings (SSSR count). The van der Waals surface area contributed by atoms with Crippen molar-refractivity contribution in [1.82, 2.24) is 14.9 Å². The number of hydrogen-bond acceptors (Lipinski definition) is 4. The third kappa shape index (κ3) is 4.25. The molecule has 1 amide bonds. The van der Waals surface area contributed by atoms with E-state index in [1.54, 1.807) is 30.5 Å². The number of aromatic nitrogens is 2. The molecule has 116 valence electrons. The third-order valence-electron chi connectivity index (χ3n) is 3.33. The first-order valence-corrected chi connectivity index (χ1v) is 6.91. The van der Waals surface area contributed by atoms with E-state index in [0.717, 1.165) is 5.69 Å². The van der Waals surface area contributed by atoms with Crippen LogP contribution in [-0.4, -0.2) is 41.5 Å². The summed E-state index contributed by atoms with van der Waals surface area (Å²) < 4.78 is 18.5. The highest BCUT2D eigenvalue weighted by atomic mass is 19.1. The molecule has 2 aromatic rings. The maximum Gasteiger partial charge on any atom is 0.226 e. The smallest absolute Gasteiger partial charge is 0.226 e. The molecular formula is C16H18FN3O2. The summed E-state index contributed by atoms with van der Waals surface area (Å²) in [5.41, 5.74) is 1.37. The van der Waals surface area contributed by atoms with Crippen LogP contribution in [0, 0.1) is 5.82 Å². The second-order valence-corrected chi connectivity index (χ2v) is 4.89. The Morgan fingerprint density at radius 2 is 2.18 bits per heavy atom. The van der Waals surface area contributed by atoms with E-state index in [0.29, 0.717) is 24.3 Å². The molecule has 0 saturated heterocycles. The topological polar surface area (TPSA) is 55.3 Å². The highest BCUT2D eigenvalue weighted by molar-refractivity contribution is 5.79. The average molecular weight is 303 g/mol. The van der Waals surface area contributed by atoms with Crippen molar-refractivity contribution in [3.8, 4) is 5.75 Å². The molecule has 0 saturated carbocycles. The van der Waals surface area contributed by atoms with Gasteiger partial charge in [-0.25, -0.2) is 4.39 Å². The molecule has 0 spiro atoms. The van der Waals surface area contributed by atoms with Crippen LogP contribution in [-0.2, 0) is 17.6 Å². The molecule has 6 heteroatoms. The molecule has 0 atom stereocenters. The highest BCUT2D eigenvalue weighted by Gasteiger charge is 2.14. The number of rotatable bonds is 6. The average Bonchev–Trinajstić information content (AvgIpc) is 2.53. The van der Waals surface area contributed by atoms with Crippen molar-refractivity contribution in [2.45, 2.75) is 12.8 Å². The van der Waals surface area contributed by atoms with Crippen LogP contribution in [0.25, 0.3) is 0 Å². The monoisotopic (exact) mass is 303 g/mol. The SMILES string of the molecule is COc1ccc(F)cc1CC(=O)N(C)CCc1cnccn1. The first kappa shape index (κ1) is 15.9. The van der Waals surface area contributed by atoms with Gasteiger partial charge in [0.1, 0.15) is 11.6 Å². The lowest BCUT2D eigenvalue weighted by molar-refractivity contribution is -0.129. The third-order valence-corrected chi connectivity index (χ3v) is 3.33. The van der Waals surface area contributed by atoms with Gasteiger partial charge in [0.25, 0.3) is 0 Å². The molecule has 22 heavy (non-hydrogen) atoms. The van der Waals surface area contributed by atoms with Gasteiger partial charge < -0.3 is 9.64 Å². The summed E-state index contributed by atoms with van der Waals surface area (Å²) >= 11 is 0. The van der Waals surface area contributed by atoms with Crippen molar-refractivity contribution in [3.63, 3.8) is 0 Å². The van der Waals surface area contributed by atoms with Gasteiger partial charge in [-0.1, -0.05) is 0 Å². The largest absolute Gasteiger partial charge is 0.496 e. The van der Waals surface area contributed by atoms with Crippen LogP contribution in [0.1, 0.15) is 11.3 Å². The molecule has 0 aliphatic rings. The second kappa shape index (κ2) is 7.49. The zero-order valence-corrected chi connectivity index (χ0v) is 12.6. The molecule has 0 radical (unpaired) electrons. The summed E-state index contributed by atoms with van der Waals surface area (Å²) in [4.78, 5) is 22.0. The van der Waals surface area contributed by atoms with Gasteiger partial charge in [0, 0.05) is 44.2 Å². The molecule has 1 heterocycles. The molecule has 0 unspecified atom stereocenters. The predicted molar refractivity (Wildman–Crippen MR) is 80.0 cm³/mol. The van der Waals surface area contributed by atoms with Crippen molar-refractivity contribution < 1.29 is 13.9 Å². The molecular weight excluding hydrogens is 285 g/mol. The van der Waals surface area contributed by atoms with Crippen LogP contribution in [0.3, 0.4) is 0 Å². The number of nitrogens with zero attached hydrogens (tertiary/aromatic N) is 3. The highest BCUT2D eigenvalue weighted by Crippen LogP contribution is 2.20. The van der Waals surface area contributed by atoms with E-state index in [1.165, 1.54) is 25.3 Å². The van der Waals surface area contributed by atoms with E-state index >= 15 is 0 Å². The fourth-order valence-electron chi connectivity index (χ4n) is 2.05. The lowest BCUT2D eigenvalue weighted by Gasteiger charge is -2.17. The molecule has 0 aliphatic heterocycles. The van der Waals surface area contributed by atoms with Crippen molar-refractivity contribution in [2.24, 2.45) is 0 Å². The fourth-order valence-corrected chi connectivity index (χ4v) is 2.05. The van der Waals surface area contributed by atoms with Gasteiger partial charge in [-0.15, -0.1) is 0 Å². The number of carbonyl (C=O) groups excluding carboxylic acids is 1. The van der Waals surface area contributed by atoms with Gasteiger partial charge >= 0.3 is 0 Å². The van der Waals surface area contributed by atoms with Crippen LogP contribution in [0.4, 0.5) is 4.39 Å². The van der Waals surface area contributed by atoms with Crippen molar-refractivity contribution in [3.05, 3.63) is 53.9 Å². The van der Waals surface area contributed by atoms with Gasteiger partial charge in [0.2, 0.25) is 5.91 Å². The maximum atomic E-state index is 13.3. The van der Waals surface area contributed by atoms with Crippen LogP contribution in [0.5, 0.6) is 5.75 Å². The van der Waals surface area contributed by atoms with Crippen molar-refractivity contribution >= 4 is 5.91 Å². The van der Waals surface area contributed by atoms with E-state index < -0.39 is 0 Å². The van der Waals surface area contributed by atoms with Gasteiger partial charge in [-0.05, 0) is 18.2 Å². The Bertz CT molecular complexity index is 635. The summed E-state index contributed by atoms with van der Waals surface area (Å²) in [6.07, 6.45) is 5.62. The zero-order chi connectivity index (χ0) is 15.9. The van der Waals surface area contributed by atoms with E-state index in [-0.39, 0.29) is 18.1 Å².